The molecule has 0 aliphatic rings. The summed E-state index contributed by atoms with van der Waals surface area (Å²) in [5, 5.41) is 2.76. The highest BCUT2D eigenvalue weighted by atomic mass is 32.2. The smallest absolute Gasteiger partial charge is 0.264 e. The molecule has 200 valence electrons. The number of carbonyl (C=O) groups is 2. The number of benzene rings is 4. The van der Waals surface area contributed by atoms with Gasteiger partial charge >= 0.3 is 0 Å². The maximum absolute atomic E-state index is 13.6. The van der Waals surface area contributed by atoms with E-state index in [-0.39, 0.29) is 16.1 Å². The first kappa shape index (κ1) is 27.8. The molecule has 0 saturated carbocycles. The Balaban J connectivity index is 1.57. The number of amides is 1. The van der Waals surface area contributed by atoms with Crippen LogP contribution in [0.4, 0.5) is 11.4 Å². The fraction of sp³-hybridized carbons (Fsp3) is 0.188. The number of sulfonamides is 1. The standard InChI is InChI=1S/C32H32N2O4S/c1-23-11-8-9-16-29(23)34(39(37,38)28-14-6-5-7-15-28)22-30(35)33-27-13-10-12-25(21-27)31(36)24-17-19-26(20-18-24)32(2,3)4/h5-21H,22H2,1-4H3,(H,33,35). The first-order chi connectivity index (χ1) is 18.5. The Morgan fingerprint density at radius 1 is 0.769 bits per heavy atom. The average Bonchev–Trinajstić information content (AvgIpc) is 2.92. The van der Waals surface area contributed by atoms with Crippen LogP contribution >= 0.6 is 0 Å². The van der Waals surface area contributed by atoms with Crippen molar-refractivity contribution in [2.75, 3.05) is 16.2 Å². The van der Waals surface area contributed by atoms with Gasteiger partial charge in [-0.2, -0.15) is 0 Å². The van der Waals surface area contributed by atoms with E-state index in [0.717, 1.165) is 15.4 Å². The molecule has 0 heterocycles. The quantitative estimate of drug-likeness (QED) is 0.264. The molecule has 0 spiro atoms. The summed E-state index contributed by atoms with van der Waals surface area (Å²) in [6.45, 7) is 7.70. The molecule has 1 N–H and O–H groups in total. The lowest BCUT2D eigenvalue weighted by atomic mass is 9.86. The van der Waals surface area contributed by atoms with Gasteiger partial charge in [-0.3, -0.25) is 13.9 Å². The second-order valence-corrected chi connectivity index (χ2v) is 12.3. The van der Waals surface area contributed by atoms with Crippen molar-refractivity contribution in [3.8, 4) is 0 Å². The fourth-order valence-corrected chi connectivity index (χ4v) is 5.73. The van der Waals surface area contributed by atoms with E-state index in [4.69, 9.17) is 0 Å². The van der Waals surface area contributed by atoms with Crippen LogP contribution in [0.25, 0.3) is 0 Å². The van der Waals surface area contributed by atoms with Crippen LogP contribution in [0.5, 0.6) is 0 Å². The number of hydrogen-bond acceptors (Lipinski definition) is 4. The van der Waals surface area contributed by atoms with Gasteiger partial charge in [-0.15, -0.1) is 0 Å². The number of rotatable bonds is 8. The number of nitrogens with one attached hydrogen (secondary N) is 1. The van der Waals surface area contributed by atoms with E-state index in [1.165, 1.54) is 12.1 Å². The molecule has 0 bridgehead atoms. The van der Waals surface area contributed by atoms with Gasteiger partial charge in [0.15, 0.2) is 5.78 Å². The first-order valence-corrected chi connectivity index (χ1v) is 14.1. The van der Waals surface area contributed by atoms with Gasteiger partial charge in [0.2, 0.25) is 5.91 Å². The normalized spacial score (nSPS) is 11.6. The SMILES string of the molecule is Cc1ccccc1N(CC(=O)Nc1cccc(C(=O)c2ccc(C(C)(C)C)cc2)c1)S(=O)(=O)c1ccccc1. The Kier molecular flexibility index (Phi) is 8.02. The van der Waals surface area contributed by atoms with E-state index in [1.807, 2.05) is 30.3 Å². The number of carbonyl (C=O) groups excluding carboxylic acids is 2. The van der Waals surface area contributed by atoms with Crippen LogP contribution in [0.1, 0.15) is 47.8 Å². The van der Waals surface area contributed by atoms with Crippen molar-refractivity contribution < 1.29 is 18.0 Å². The Bertz CT molecular complexity index is 1590. The lowest BCUT2D eigenvalue weighted by Crippen LogP contribution is -2.38. The van der Waals surface area contributed by atoms with E-state index < -0.39 is 22.5 Å². The molecule has 0 atom stereocenters. The summed E-state index contributed by atoms with van der Waals surface area (Å²) in [4.78, 5) is 26.4. The molecule has 0 unspecified atom stereocenters. The second-order valence-electron chi connectivity index (χ2n) is 10.4. The number of aryl methyl sites for hydroxylation is 1. The van der Waals surface area contributed by atoms with E-state index in [0.29, 0.717) is 22.5 Å². The van der Waals surface area contributed by atoms with Crippen LogP contribution in [0.2, 0.25) is 0 Å². The van der Waals surface area contributed by atoms with Crippen molar-refractivity contribution in [2.45, 2.75) is 38.0 Å². The molecule has 1 amide bonds. The van der Waals surface area contributed by atoms with Crippen LogP contribution in [-0.4, -0.2) is 26.7 Å². The van der Waals surface area contributed by atoms with Crippen LogP contribution in [0, 0.1) is 6.92 Å². The molecule has 4 rings (SSSR count). The number of ketones is 1. The summed E-state index contributed by atoms with van der Waals surface area (Å²) in [6.07, 6.45) is 0. The second kappa shape index (κ2) is 11.3. The van der Waals surface area contributed by atoms with Gasteiger partial charge in [0.25, 0.3) is 10.0 Å². The van der Waals surface area contributed by atoms with Crippen LogP contribution in [-0.2, 0) is 20.2 Å². The fourth-order valence-electron chi connectivity index (χ4n) is 4.22. The molecule has 0 saturated heterocycles. The average molecular weight is 541 g/mol. The third-order valence-corrected chi connectivity index (χ3v) is 8.20. The predicted octanol–water partition coefficient (Wildman–Crippen LogP) is 6.36. The van der Waals surface area contributed by atoms with E-state index in [2.05, 4.69) is 26.1 Å². The molecular formula is C32H32N2O4S. The molecule has 4 aromatic rings. The minimum Gasteiger partial charge on any atom is -0.324 e. The van der Waals surface area contributed by atoms with E-state index in [1.54, 1.807) is 67.6 Å². The highest BCUT2D eigenvalue weighted by Crippen LogP contribution is 2.27. The molecule has 0 fully saturated rings. The Morgan fingerprint density at radius 3 is 2.05 bits per heavy atom. The van der Waals surface area contributed by atoms with Crippen LogP contribution in [0.3, 0.4) is 0 Å². The first-order valence-electron chi connectivity index (χ1n) is 12.7. The monoisotopic (exact) mass is 540 g/mol. The zero-order chi connectivity index (χ0) is 28.2. The Labute approximate surface area is 230 Å². The van der Waals surface area contributed by atoms with Gasteiger partial charge in [0.05, 0.1) is 10.6 Å². The maximum atomic E-state index is 13.6. The summed E-state index contributed by atoms with van der Waals surface area (Å²) in [7, 11) is -4.02. The summed E-state index contributed by atoms with van der Waals surface area (Å²) < 4.78 is 28.2. The van der Waals surface area contributed by atoms with Crippen molar-refractivity contribution in [1.29, 1.82) is 0 Å². The number of para-hydroxylation sites is 1. The summed E-state index contributed by atoms with van der Waals surface area (Å²) >= 11 is 0. The third kappa shape index (κ3) is 6.44. The summed E-state index contributed by atoms with van der Waals surface area (Å²) in [5.74, 6) is -0.698. The summed E-state index contributed by atoms with van der Waals surface area (Å²) in [5.41, 5.74) is 3.61. The summed E-state index contributed by atoms with van der Waals surface area (Å²) in [6, 6.07) is 29.2. The molecule has 6 nitrogen and oxygen atoms in total. The number of hydrogen-bond donors (Lipinski definition) is 1. The zero-order valence-corrected chi connectivity index (χ0v) is 23.3. The molecule has 0 aromatic heterocycles. The van der Waals surface area contributed by atoms with Gasteiger partial charge in [-0.05, 0) is 53.8 Å². The predicted molar refractivity (Wildman–Crippen MR) is 156 cm³/mol. The van der Waals surface area contributed by atoms with Crippen molar-refractivity contribution in [2.24, 2.45) is 0 Å². The van der Waals surface area contributed by atoms with Crippen molar-refractivity contribution >= 4 is 33.1 Å². The van der Waals surface area contributed by atoms with Crippen molar-refractivity contribution in [1.82, 2.24) is 0 Å². The lowest BCUT2D eigenvalue weighted by Gasteiger charge is -2.25. The highest BCUT2D eigenvalue weighted by molar-refractivity contribution is 7.92. The van der Waals surface area contributed by atoms with Gasteiger partial charge in [-0.25, -0.2) is 8.42 Å². The zero-order valence-electron chi connectivity index (χ0n) is 22.5. The van der Waals surface area contributed by atoms with Gasteiger partial charge in [-0.1, -0.05) is 93.6 Å². The van der Waals surface area contributed by atoms with Crippen molar-refractivity contribution in [3.63, 3.8) is 0 Å². The molecule has 0 aliphatic carbocycles. The molecular weight excluding hydrogens is 508 g/mol. The van der Waals surface area contributed by atoms with Crippen LogP contribution in [0.15, 0.2) is 108 Å². The number of nitrogens with zero attached hydrogens (tertiary/aromatic N) is 1. The van der Waals surface area contributed by atoms with Gasteiger partial charge in [0.1, 0.15) is 6.54 Å². The molecule has 7 heteroatoms. The van der Waals surface area contributed by atoms with Gasteiger partial charge < -0.3 is 5.32 Å². The van der Waals surface area contributed by atoms with Crippen LogP contribution < -0.4 is 9.62 Å². The molecule has 39 heavy (non-hydrogen) atoms. The Hall–Kier alpha value is -4.23. The van der Waals surface area contributed by atoms with Crippen molar-refractivity contribution in [3.05, 3.63) is 125 Å². The highest BCUT2D eigenvalue weighted by Gasteiger charge is 2.28. The third-order valence-electron chi connectivity index (χ3n) is 6.42. The lowest BCUT2D eigenvalue weighted by molar-refractivity contribution is -0.114. The van der Waals surface area contributed by atoms with E-state index >= 15 is 0 Å². The minimum absolute atomic E-state index is 0.0219. The topological polar surface area (TPSA) is 83.6 Å². The molecule has 0 aliphatic heterocycles. The molecule has 4 aromatic carbocycles. The van der Waals surface area contributed by atoms with E-state index in [9.17, 15) is 18.0 Å². The minimum atomic E-state index is -4.02. The largest absolute Gasteiger partial charge is 0.324 e. The number of anilines is 2. The maximum Gasteiger partial charge on any atom is 0.264 e. The molecule has 0 radical (unpaired) electrons. The van der Waals surface area contributed by atoms with Gasteiger partial charge in [0, 0.05) is 16.8 Å². The Morgan fingerprint density at radius 2 is 1.41 bits per heavy atom.